The van der Waals surface area contributed by atoms with Gasteiger partial charge >= 0.3 is 0 Å². The summed E-state index contributed by atoms with van der Waals surface area (Å²) in [6.07, 6.45) is 0. The normalized spacial score (nSPS) is 15.0. The van der Waals surface area contributed by atoms with Crippen molar-refractivity contribution in [3.8, 4) is 5.75 Å². The first kappa shape index (κ1) is 17.3. The minimum atomic E-state index is 0.00346. The highest BCUT2D eigenvalue weighted by Crippen LogP contribution is 2.25. The van der Waals surface area contributed by atoms with Crippen molar-refractivity contribution in [2.45, 2.75) is 27.7 Å². The molecule has 1 aliphatic heterocycles. The summed E-state index contributed by atoms with van der Waals surface area (Å²) in [5.74, 6) is 0.994. The molecule has 0 aliphatic carbocycles. The lowest BCUT2D eigenvalue weighted by atomic mass is 10.0. The maximum absolute atomic E-state index is 12.8. The molecule has 5 heteroatoms. The highest BCUT2D eigenvalue weighted by atomic mass is 16.5. The summed E-state index contributed by atoms with van der Waals surface area (Å²) in [6.45, 7) is 10.1. The first-order chi connectivity index (χ1) is 10.9. The third kappa shape index (κ3) is 3.49. The Morgan fingerprint density at radius 1 is 1.00 bits per heavy atom. The first-order valence-electron chi connectivity index (χ1n) is 8.09. The molecule has 0 saturated carbocycles. The fraction of sp³-hybridized carbons (Fsp3) is 0.556. The van der Waals surface area contributed by atoms with Gasteiger partial charge in [0.15, 0.2) is 0 Å². The minimum Gasteiger partial charge on any atom is -0.496 e. The van der Waals surface area contributed by atoms with E-state index in [1.54, 1.807) is 7.11 Å². The fourth-order valence-corrected chi connectivity index (χ4v) is 2.91. The van der Waals surface area contributed by atoms with Crippen LogP contribution in [0.4, 0.5) is 0 Å². The summed E-state index contributed by atoms with van der Waals surface area (Å²) in [4.78, 5) is 28.5. The number of carbonyl (C=O) groups excluding carboxylic acids is 2. The predicted molar refractivity (Wildman–Crippen MR) is 89.8 cm³/mol. The number of carbonyl (C=O) groups is 2. The zero-order valence-electron chi connectivity index (χ0n) is 14.7. The standard InChI is InChI=1S/C18H26N2O3/c1-12(2)17(21)19-8-10-20(11-9-19)18(22)15-6-7-16(23-5)14(4)13(15)3/h6-7,12H,8-11H2,1-5H3. The van der Waals surface area contributed by atoms with Crippen LogP contribution in [-0.4, -0.2) is 54.9 Å². The number of rotatable bonds is 3. The molecular weight excluding hydrogens is 292 g/mol. The van der Waals surface area contributed by atoms with Crippen LogP contribution >= 0.6 is 0 Å². The summed E-state index contributed by atoms with van der Waals surface area (Å²) in [5, 5.41) is 0. The third-order valence-corrected chi connectivity index (χ3v) is 4.56. The maximum Gasteiger partial charge on any atom is 0.254 e. The summed E-state index contributed by atoms with van der Waals surface area (Å²) in [6, 6.07) is 3.67. The van der Waals surface area contributed by atoms with Crippen LogP contribution in [-0.2, 0) is 4.79 Å². The molecule has 1 fully saturated rings. The highest BCUT2D eigenvalue weighted by molar-refractivity contribution is 5.96. The SMILES string of the molecule is COc1ccc(C(=O)N2CCN(C(=O)C(C)C)CC2)c(C)c1C. The molecule has 126 valence electrons. The lowest BCUT2D eigenvalue weighted by Gasteiger charge is -2.36. The Kier molecular flexibility index (Phi) is 5.29. The van der Waals surface area contributed by atoms with Gasteiger partial charge in [0.1, 0.15) is 5.75 Å². The summed E-state index contributed by atoms with van der Waals surface area (Å²) in [5.41, 5.74) is 2.66. The number of benzene rings is 1. The number of amides is 2. The fourth-order valence-electron chi connectivity index (χ4n) is 2.91. The highest BCUT2D eigenvalue weighted by Gasteiger charge is 2.27. The molecule has 0 radical (unpaired) electrons. The molecule has 0 N–H and O–H groups in total. The van der Waals surface area contributed by atoms with E-state index >= 15 is 0 Å². The Balaban J connectivity index is 2.09. The van der Waals surface area contributed by atoms with Gasteiger partial charge < -0.3 is 14.5 Å². The zero-order chi connectivity index (χ0) is 17.1. The van der Waals surface area contributed by atoms with Gasteiger partial charge in [0, 0.05) is 37.7 Å². The van der Waals surface area contributed by atoms with Crippen LogP contribution in [0.3, 0.4) is 0 Å². The number of nitrogens with zero attached hydrogens (tertiary/aromatic N) is 2. The predicted octanol–water partition coefficient (Wildman–Crippen LogP) is 2.25. The summed E-state index contributed by atoms with van der Waals surface area (Å²) in [7, 11) is 1.63. The second-order valence-corrected chi connectivity index (χ2v) is 6.34. The zero-order valence-corrected chi connectivity index (χ0v) is 14.7. The van der Waals surface area contributed by atoms with Crippen LogP contribution in [0, 0.1) is 19.8 Å². The van der Waals surface area contributed by atoms with Crippen molar-refractivity contribution in [1.29, 1.82) is 0 Å². The molecule has 2 amide bonds. The van der Waals surface area contributed by atoms with Crippen LogP contribution < -0.4 is 4.74 Å². The Labute approximate surface area is 138 Å². The average molecular weight is 318 g/mol. The van der Waals surface area contributed by atoms with E-state index in [0.717, 1.165) is 16.9 Å². The van der Waals surface area contributed by atoms with E-state index < -0.39 is 0 Å². The summed E-state index contributed by atoms with van der Waals surface area (Å²) < 4.78 is 5.30. The molecule has 2 rings (SSSR count). The van der Waals surface area contributed by atoms with Crippen molar-refractivity contribution in [3.05, 3.63) is 28.8 Å². The molecule has 5 nitrogen and oxygen atoms in total. The minimum absolute atomic E-state index is 0.00346. The van der Waals surface area contributed by atoms with E-state index in [-0.39, 0.29) is 17.7 Å². The van der Waals surface area contributed by atoms with E-state index in [1.807, 2.05) is 49.6 Å². The van der Waals surface area contributed by atoms with E-state index in [2.05, 4.69) is 0 Å². The van der Waals surface area contributed by atoms with E-state index in [4.69, 9.17) is 4.74 Å². The molecule has 0 atom stereocenters. The van der Waals surface area contributed by atoms with Gasteiger partial charge in [0.2, 0.25) is 5.91 Å². The van der Waals surface area contributed by atoms with Gasteiger partial charge in [0.05, 0.1) is 7.11 Å². The van der Waals surface area contributed by atoms with E-state index in [0.29, 0.717) is 31.7 Å². The summed E-state index contributed by atoms with van der Waals surface area (Å²) >= 11 is 0. The Morgan fingerprint density at radius 3 is 2.09 bits per heavy atom. The van der Waals surface area contributed by atoms with Gasteiger partial charge in [-0.15, -0.1) is 0 Å². The van der Waals surface area contributed by atoms with Gasteiger partial charge in [-0.3, -0.25) is 9.59 Å². The maximum atomic E-state index is 12.8. The van der Waals surface area contributed by atoms with Crippen LogP contribution in [0.25, 0.3) is 0 Å². The topological polar surface area (TPSA) is 49.9 Å². The molecule has 0 unspecified atom stereocenters. The lowest BCUT2D eigenvalue weighted by molar-refractivity contribution is -0.135. The number of piperazine rings is 1. The van der Waals surface area contributed by atoms with Gasteiger partial charge in [-0.2, -0.15) is 0 Å². The van der Waals surface area contributed by atoms with Gasteiger partial charge in [0.25, 0.3) is 5.91 Å². The number of hydrogen-bond acceptors (Lipinski definition) is 3. The van der Waals surface area contributed by atoms with Crippen molar-refractivity contribution in [1.82, 2.24) is 9.80 Å². The molecular formula is C18H26N2O3. The molecule has 1 saturated heterocycles. The van der Waals surface area contributed by atoms with Crippen molar-refractivity contribution >= 4 is 11.8 Å². The number of ether oxygens (including phenoxy) is 1. The van der Waals surface area contributed by atoms with Crippen molar-refractivity contribution in [2.75, 3.05) is 33.3 Å². The number of hydrogen-bond donors (Lipinski definition) is 0. The van der Waals surface area contributed by atoms with Crippen molar-refractivity contribution < 1.29 is 14.3 Å². The van der Waals surface area contributed by atoms with E-state index in [1.165, 1.54) is 0 Å². The van der Waals surface area contributed by atoms with Crippen LogP contribution in [0.15, 0.2) is 12.1 Å². The Hall–Kier alpha value is -2.04. The van der Waals surface area contributed by atoms with Gasteiger partial charge in [-0.1, -0.05) is 13.8 Å². The van der Waals surface area contributed by atoms with Crippen LogP contribution in [0.5, 0.6) is 5.75 Å². The second kappa shape index (κ2) is 7.02. The molecule has 0 bridgehead atoms. The monoisotopic (exact) mass is 318 g/mol. The Bertz CT molecular complexity index is 603. The van der Waals surface area contributed by atoms with Gasteiger partial charge in [-0.05, 0) is 37.1 Å². The lowest BCUT2D eigenvalue weighted by Crippen LogP contribution is -2.51. The molecule has 1 aromatic rings. The third-order valence-electron chi connectivity index (χ3n) is 4.56. The largest absolute Gasteiger partial charge is 0.496 e. The van der Waals surface area contributed by atoms with Crippen LogP contribution in [0.2, 0.25) is 0 Å². The Morgan fingerprint density at radius 2 is 1.57 bits per heavy atom. The van der Waals surface area contributed by atoms with Crippen molar-refractivity contribution in [3.63, 3.8) is 0 Å². The van der Waals surface area contributed by atoms with Crippen molar-refractivity contribution in [2.24, 2.45) is 5.92 Å². The van der Waals surface area contributed by atoms with Crippen LogP contribution in [0.1, 0.15) is 35.3 Å². The molecule has 0 aromatic heterocycles. The van der Waals surface area contributed by atoms with Gasteiger partial charge in [-0.25, -0.2) is 0 Å². The smallest absolute Gasteiger partial charge is 0.254 e. The second-order valence-electron chi connectivity index (χ2n) is 6.34. The first-order valence-corrected chi connectivity index (χ1v) is 8.09. The molecule has 1 aromatic carbocycles. The molecule has 1 aliphatic rings. The molecule has 1 heterocycles. The van der Waals surface area contributed by atoms with E-state index in [9.17, 15) is 9.59 Å². The molecule has 23 heavy (non-hydrogen) atoms. The average Bonchev–Trinajstić information content (AvgIpc) is 2.56. The quantitative estimate of drug-likeness (QED) is 0.859. The molecule has 0 spiro atoms. The number of methoxy groups -OCH3 is 1.